The van der Waals surface area contributed by atoms with Gasteiger partial charge in [-0.15, -0.1) is 0 Å². The van der Waals surface area contributed by atoms with Crippen molar-refractivity contribution in [1.82, 2.24) is 15.5 Å². The molecule has 5 heteroatoms. The molecule has 5 nitrogen and oxygen atoms in total. The third-order valence-electron chi connectivity index (χ3n) is 7.40. The molecular formula is C30H35N3O2. The van der Waals surface area contributed by atoms with Crippen LogP contribution in [0.4, 0.5) is 0 Å². The van der Waals surface area contributed by atoms with Gasteiger partial charge in [-0.2, -0.15) is 0 Å². The van der Waals surface area contributed by atoms with Crippen LogP contribution in [0.2, 0.25) is 0 Å². The van der Waals surface area contributed by atoms with E-state index in [0.717, 1.165) is 32.4 Å². The molecule has 1 heterocycles. The minimum atomic E-state index is -0.107. The number of nitrogens with zero attached hydrogens (tertiary/aromatic N) is 1. The van der Waals surface area contributed by atoms with Gasteiger partial charge in [0.15, 0.2) is 0 Å². The molecule has 35 heavy (non-hydrogen) atoms. The Labute approximate surface area is 208 Å². The zero-order valence-electron chi connectivity index (χ0n) is 20.5. The Morgan fingerprint density at radius 3 is 2.26 bits per heavy atom. The van der Waals surface area contributed by atoms with Crippen molar-refractivity contribution >= 4 is 5.91 Å². The number of amides is 1. The monoisotopic (exact) mass is 469 g/mol. The van der Waals surface area contributed by atoms with Gasteiger partial charge in [-0.05, 0) is 47.1 Å². The number of hydrogen-bond acceptors (Lipinski definition) is 4. The molecule has 1 aliphatic carbocycles. The number of benzene rings is 3. The van der Waals surface area contributed by atoms with Gasteiger partial charge in [0.1, 0.15) is 0 Å². The highest BCUT2D eigenvalue weighted by Crippen LogP contribution is 2.31. The summed E-state index contributed by atoms with van der Waals surface area (Å²) in [5, 5.41) is 6.82. The van der Waals surface area contributed by atoms with Crippen LogP contribution in [-0.4, -0.2) is 55.7 Å². The number of carbonyl (C=O) groups excluding carboxylic acids is 1. The molecule has 1 saturated heterocycles. The van der Waals surface area contributed by atoms with Gasteiger partial charge in [0, 0.05) is 38.8 Å². The lowest BCUT2D eigenvalue weighted by molar-refractivity contribution is -0.126. The molecule has 5 rings (SSSR count). The van der Waals surface area contributed by atoms with Crippen LogP contribution in [0.1, 0.15) is 23.1 Å². The molecule has 2 atom stereocenters. The number of methoxy groups -OCH3 is 1. The van der Waals surface area contributed by atoms with Crippen molar-refractivity contribution in [2.75, 3.05) is 26.8 Å². The number of likely N-dealkylation sites (tertiary alicyclic amines) is 1. The molecule has 2 N–H and O–H groups in total. The van der Waals surface area contributed by atoms with Crippen LogP contribution < -0.4 is 10.6 Å². The van der Waals surface area contributed by atoms with Crippen LogP contribution in [0.5, 0.6) is 0 Å². The van der Waals surface area contributed by atoms with Crippen LogP contribution in [-0.2, 0) is 28.9 Å². The predicted molar refractivity (Wildman–Crippen MR) is 140 cm³/mol. The average molecular weight is 470 g/mol. The second-order valence-corrected chi connectivity index (χ2v) is 9.70. The number of ether oxygens (including phenoxy) is 1. The summed E-state index contributed by atoms with van der Waals surface area (Å²) in [5.41, 5.74) is 6.57. The first-order valence-corrected chi connectivity index (χ1v) is 12.7. The van der Waals surface area contributed by atoms with Crippen molar-refractivity contribution in [3.8, 4) is 11.1 Å². The highest BCUT2D eigenvalue weighted by atomic mass is 16.5. The maximum absolute atomic E-state index is 13.1. The van der Waals surface area contributed by atoms with Gasteiger partial charge in [-0.3, -0.25) is 9.69 Å². The van der Waals surface area contributed by atoms with E-state index in [0.29, 0.717) is 19.2 Å². The third kappa shape index (κ3) is 5.64. The Morgan fingerprint density at radius 2 is 1.57 bits per heavy atom. The van der Waals surface area contributed by atoms with Gasteiger partial charge < -0.3 is 15.4 Å². The van der Waals surface area contributed by atoms with Gasteiger partial charge in [0.2, 0.25) is 5.91 Å². The largest absolute Gasteiger partial charge is 0.383 e. The molecular weight excluding hydrogens is 434 g/mol. The first-order chi connectivity index (χ1) is 17.2. The summed E-state index contributed by atoms with van der Waals surface area (Å²) in [5.74, 6) is 0.120. The molecule has 0 bridgehead atoms. The first kappa shape index (κ1) is 23.7. The van der Waals surface area contributed by atoms with E-state index in [9.17, 15) is 4.79 Å². The molecule has 182 valence electrons. The summed E-state index contributed by atoms with van der Waals surface area (Å²) >= 11 is 0. The maximum Gasteiger partial charge on any atom is 0.237 e. The molecule has 1 amide bonds. The predicted octanol–water partition coefficient (Wildman–Crippen LogP) is 3.82. The lowest BCUT2D eigenvalue weighted by atomic mass is 10.0. The maximum atomic E-state index is 13.1. The molecule has 0 spiro atoms. The van der Waals surface area contributed by atoms with E-state index in [4.69, 9.17) is 4.74 Å². The Balaban J connectivity index is 1.23. The van der Waals surface area contributed by atoms with Crippen molar-refractivity contribution in [1.29, 1.82) is 0 Å². The van der Waals surface area contributed by atoms with Crippen LogP contribution in [0.3, 0.4) is 0 Å². The van der Waals surface area contributed by atoms with Crippen molar-refractivity contribution < 1.29 is 9.53 Å². The van der Waals surface area contributed by atoms with Gasteiger partial charge in [-0.1, -0.05) is 78.9 Å². The number of nitrogens with one attached hydrogen (secondary N) is 2. The minimum Gasteiger partial charge on any atom is -0.383 e. The SMILES string of the molecule is COCCNC(=O)[C@@H]1C[C@@H](NCc2ccc(-c3ccccc3)cc2)CN1C1Cc2ccccc2C1. The molecule has 0 unspecified atom stereocenters. The lowest BCUT2D eigenvalue weighted by Crippen LogP contribution is -2.48. The number of carbonyl (C=O) groups is 1. The topological polar surface area (TPSA) is 53.6 Å². The van der Waals surface area contributed by atoms with Crippen LogP contribution in [0.15, 0.2) is 78.9 Å². The summed E-state index contributed by atoms with van der Waals surface area (Å²) in [4.78, 5) is 15.6. The second-order valence-electron chi connectivity index (χ2n) is 9.70. The van der Waals surface area contributed by atoms with E-state index < -0.39 is 0 Å². The van der Waals surface area contributed by atoms with Crippen LogP contribution >= 0.6 is 0 Å². The van der Waals surface area contributed by atoms with Crippen molar-refractivity contribution in [2.45, 2.75) is 43.9 Å². The Hall–Kier alpha value is -2.99. The smallest absolute Gasteiger partial charge is 0.237 e. The van der Waals surface area contributed by atoms with Gasteiger partial charge in [0.25, 0.3) is 0 Å². The summed E-state index contributed by atoms with van der Waals surface area (Å²) in [7, 11) is 1.66. The Kier molecular flexibility index (Phi) is 7.57. The van der Waals surface area contributed by atoms with Crippen molar-refractivity contribution in [3.63, 3.8) is 0 Å². The van der Waals surface area contributed by atoms with E-state index in [1.165, 1.54) is 27.8 Å². The van der Waals surface area contributed by atoms with Crippen molar-refractivity contribution in [3.05, 3.63) is 95.6 Å². The molecule has 0 saturated carbocycles. The summed E-state index contributed by atoms with van der Waals surface area (Å²) in [6.07, 6.45) is 2.87. The van der Waals surface area contributed by atoms with E-state index in [2.05, 4.69) is 88.3 Å². The fourth-order valence-electron chi connectivity index (χ4n) is 5.54. The van der Waals surface area contributed by atoms with E-state index in [1.807, 2.05) is 6.07 Å². The Bertz CT molecular complexity index is 1090. The molecule has 2 aliphatic rings. The van der Waals surface area contributed by atoms with Gasteiger partial charge in [0.05, 0.1) is 12.6 Å². The minimum absolute atomic E-state index is 0.107. The summed E-state index contributed by atoms with van der Waals surface area (Å²) in [6.45, 7) is 2.78. The fourth-order valence-corrected chi connectivity index (χ4v) is 5.54. The zero-order chi connectivity index (χ0) is 24.0. The highest BCUT2D eigenvalue weighted by Gasteiger charge is 2.41. The lowest BCUT2D eigenvalue weighted by Gasteiger charge is -2.29. The second kappa shape index (κ2) is 11.2. The fraction of sp³-hybridized carbons (Fsp3) is 0.367. The van der Waals surface area contributed by atoms with E-state index in [1.54, 1.807) is 7.11 Å². The highest BCUT2D eigenvalue weighted by molar-refractivity contribution is 5.82. The summed E-state index contributed by atoms with van der Waals surface area (Å²) < 4.78 is 5.13. The normalized spacial score (nSPS) is 20.1. The quantitative estimate of drug-likeness (QED) is 0.468. The first-order valence-electron chi connectivity index (χ1n) is 12.7. The number of fused-ring (bicyclic) bond motifs is 1. The van der Waals surface area contributed by atoms with Gasteiger partial charge >= 0.3 is 0 Å². The van der Waals surface area contributed by atoms with E-state index in [-0.39, 0.29) is 18.0 Å². The number of rotatable bonds is 9. The van der Waals surface area contributed by atoms with Crippen LogP contribution in [0, 0.1) is 0 Å². The summed E-state index contributed by atoms with van der Waals surface area (Å²) in [6, 6.07) is 28.5. The molecule has 1 fully saturated rings. The zero-order valence-corrected chi connectivity index (χ0v) is 20.5. The third-order valence-corrected chi connectivity index (χ3v) is 7.40. The molecule has 3 aromatic rings. The molecule has 0 aromatic heterocycles. The molecule has 1 aliphatic heterocycles. The molecule has 3 aromatic carbocycles. The molecule has 0 radical (unpaired) electrons. The van der Waals surface area contributed by atoms with E-state index >= 15 is 0 Å². The van der Waals surface area contributed by atoms with Crippen molar-refractivity contribution in [2.24, 2.45) is 0 Å². The Morgan fingerprint density at radius 1 is 0.914 bits per heavy atom. The number of hydrogen-bond donors (Lipinski definition) is 2. The average Bonchev–Trinajstić information content (AvgIpc) is 3.53. The van der Waals surface area contributed by atoms with Gasteiger partial charge in [-0.25, -0.2) is 0 Å². The standard InChI is InChI=1S/C30H35N3O2/c1-35-16-15-31-30(34)29-19-27(21-33(29)28-17-25-9-5-6-10-26(25)18-28)32-20-22-11-13-24(14-12-22)23-7-3-2-4-8-23/h2-14,27-29,32H,15-21H2,1H3,(H,31,34)/t27-,29+/m1/s1. The van der Waals surface area contributed by atoms with Crippen LogP contribution in [0.25, 0.3) is 11.1 Å².